The van der Waals surface area contributed by atoms with Crippen molar-refractivity contribution in [1.82, 2.24) is 4.98 Å². The van der Waals surface area contributed by atoms with Crippen molar-refractivity contribution in [3.8, 4) is 0 Å². The molecular formula is C9H13ClN2OS. The summed E-state index contributed by atoms with van der Waals surface area (Å²) in [6.07, 6.45) is 0. The molecule has 0 fully saturated rings. The fourth-order valence-electron chi connectivity index (χ4n) is 0.953. The number of aromatic nitrogens is 1. The number of aryl methyl sites for hydroxylation is 1. The van der Waals surface area contributed by atoms with E-state index in [2.05, 4.69) is 10.3 Å². The molecule has 0 unspecified atom stereocenters. The van der Waals surface area contributed by atoms with E-state index >= 15 is 0 Å². The zero-order chi connectivity index (χ0) is 10.9. The fraction of sp³-hybridized carbons (Fsp3) is 0.556. The Morgan fingerprint density at radius 1 is 1.50 bits per heavy atom. The maximum Gasteiger partial charge on any atom is 0.264 e. The van der Waals surface area contributed by atoms with Gasteiger partial charge in [-0.1, -0.05) is 11.3 Å². The number of thiazole rings is 1. The van der Waals surface area contributed by atoms with Gasteiger partial charge in [0, 0.05) is 5.54 Å². The molecule has 0 amide bonds. The first-order valence-corrected chi connectivity index (χ1v) is 5.44. The zero-order valence-corrected chi connectivity index (χ0v) is 10.2. The molecule has 0 aliphatic heterocycles. The number of hydrogen-bond acceptors (Lipinski definition) is 4. The van der Waals surface area contributed by atoms with Crippen molar-refractivity contribution < 1.29 is 4.79 Å². The molecule has 5 heteroatoms. The van der Waals surface area contributed by atoms with E-state index in [9.17, 15) is 4.79 Å². The van der Waals surface area contributed by atoms with E-state index in [1.54, 1.807) is 6.92 Å². The van der Waals surface area contributed by atoms with Crippen LogP contribution >= 0.6 is 22.9 Å². The molecule has 3 nitrogen and oxygen atoms in total. The molecule has 0 spiro atoms. The number of anilines is 1. The van der Waals surface area contributed by atoms with Gasteiger partial charge >= 0.3 is 0 Å². The first-order valence-electron chi connectivity index (χ1n) is 4.25. The fourth-order valence-corrected chi connectivity index (χ4v) is 2.21. The highest BCUT2D eigenvalue weighted by Crippen LogP contribution is 2.26. The van der Waals surface area contributed by atoms with E-state index in [-0.39, 0.29) is 5.54 Å². The van der Waals surface area contributed by atoms with Crippen LogP contribution in [-0.4, -0.2) is 15.8 Å². The molecule has 1 aromatic heterocycles. The summed E-state index contributed by atoms with van der Waals surface area (Å²) in [5.74, 6) is 0. The summed E-state index contributed by atoms with van der Waals surface area (Å²) >= 11 is 6.69. The molecule has 0 bridgehead atoms. The molecule has 1 heterocycles. The highest BCUT2D eigenvalue weighted by atomic mass is 35.5. The van der Waals surface area contributed by atoms with Gasteiger partial charge in [-0.2, -0.15) is 0 Å². The highest BCUT2D eigenvalue weighted by Gasteiger charge is 2.16. The largest absolute Gasteiger partial charge is 0.357 e. The monoisotopic (exact) mass is 232 g/mol. The Morgan fingerprint density at radius 3 is 2.43 bits per heavy atom. The molecular weight excluding hydrogens is 220 g/mol. The number of hydrogen-bond donors (Lipinski definition) is 1. The van der Waals surface area contributed by atoms with Gasteiger partial charge < -0.3 is 5.32 Å². The molecule has 1 N–H and O–H groups in total. The summed E-state index contributed by atoms with van der Waals surface area (Å²) in [7, 11) is 0. The predicted octanol–water partition coefficient (Wildman–Crippen LogP) is 3.04. The predicted molar refractivity (Wildman–Crippen MR) is 60.4 cm³/mol. The van der Waals surface area contributed by atoms with Crippen LogP contribution in [0.15, 0.2) is 0 Å². The molecule has 0 radical (unpaired) electrons. The summed E-state index contributed by atoms with van der Waals surface area (Å²) < 4.78 is 0. The smallest absolute Gasteiger partial charge is 0.264 e. The van der Waals surface area contributed by atoms with E-state index in [0.29, 0.717) is 10.6 Å². The van der Waals surface area contributed by atoms with E-state index in [0.717, 1.165) is 5.13 Å². The first kappa shape index (κ1) is 11.5. The summed E-state index contributed by atoms with van der Waals surface area (Å²) in [6.45, 7) is 7.88. The van der Waals surface area contributed by atoms with Crippen molar-refractivity contribution in [2.24, 2.45) is 0 Å². The minimum absolute atomic E-state index is 0.0586. The number of nitrogens with one attached hydrogen (secondary N) is 1. The Bertz CT molecular complexity index is 354. The van der Waals surface area contributed by atoms with Gasteiger partial charge in [-0.3, -0.25) is 4.79 Å². The maximum absolute atomic E-state index is 11.0. The molecule has 1 aromatic rings. The normalized spacial score (nSPS) is 11.5. The van der Waals surface area contributed by atoms with Gasteiger partial charge in [0.15, 0.2) is 5.13 Å². The second-order valence-corrected chi connectivity index (χ2v) is 5.42. The van der Waals surface area contributed by atoms with Gasteiger partial charge in [0.25, 0.3) is 5.24 Å². The maximum atomic E-state index is 11.0. The molecule has 0 aliphatic rings. The lowest BCUT2D eigenvalue weighted by molar-refractivity contribution is 0.108. The summed E-state index contributed by atoms with van der Waals surface area (Å²) in [6, 6.07) is 0. The topological polar surface area (TPSA) is 42.0 Å². The number of nitrogens with zero attached hydrogens (tertiary/aromatic N) is 1. The SMILES string of the molecule is Cc1nc(NC(C)(C)C)sc1C(=O)Cl. The van der Waals surface area contributed by atoms with Crippen LogP contribution in [0.2, 0.25) is 0 Å². The third kappa shape index (κ3) is 2.96. The van der Waals surface area contributed by atoms with Crippen molar-refractivity contribution >= 4 is 33.3 Å². The standard InChI is InChI=1S/C9H13ClN2OS/c1-5-6(7(10)13)14-8(11-5)12-9(2,3)4/h1-4H3,(H,11,12). The molecule has 0 aliphatic carbocycles. The Kier molecular flexibility index (Phi) is 3.17. The molecule has 0 saturated carbocycles. The molecule has 78 valence electrons. The summed E-state index contributed by atoms with van der Waals surface area (Å²) in [5, 5.41) is 3.49. The van der Waals surface area contributed by atoms with Gasteiger partial charge in [0.2, 0.25) is 0 Å². The van der Waals surface area contributed by atoms with Crippen LogP contribution < -0.4 is 5.32 Å². The Hall–Kier alpha value is -0.610. The number of carbonyl (C=O) groups excluding carboxylic acids is 1. The lowest BCUT2D eigenvalue weighted by Gasteiger charge is -2.19. The lowest BCUT2D eigenvalue weighted by Crippen LogP contribution is -2.25. The van der Waals surface area contributed by atoms with E-state index < -0.39 is 5.24 Å². The number of carbonyl (C=O) groups is 1. The Morgan fingerprint density at radius 2 is 2.07 bits per heavy atom. The minimum atomic E-state index is -0.443. The molecule has 1 rings (SSSR count). The van der Waals surface area contributed by atoms with Crippen molar-refractivity contribution in [1.29, 1.82) is 0 Å². The Balaban J connectivity index is 2.92. The summed E-state index contributed by atoms with van der Waals surface area (Å²) in [4.78, 5) is 15.7. The highest BCUT2D eigenvalue weighted by molar-refractivity contribution is 7.19. The molecule has 0 saturated heterocycles. The van der Waals surface area contributed by atoms with Gasteiger partial charge in [0.1, 0.15) is 4.88 Å². The van der Waals surface area contributed by atoms with Crippen LogP contribution in [-0.2, 0) is 0 Å². The van der Waals surface area contributed by atoms with Crippen molar-refractivity contribution in [2.45, 2.75) is 33.2 Å². The lowest BCUT2D eigenvalue weighted by atomic mass is 10.1. The second kappa shape index (κ2) is 3.87. The zero-order valence-electron chi connectivity index (χ0n) is 8.64. The van der Waals surface area contributed by atoms with E-state index in [1.807, 2.05) is 20.8 Å². The molecule has 0 atom stereocenters. The van der Waals surface area contributed by atoms with E-state index in [4.69, 9.17) is 11.6 Å². The van der Waals surface area contributed by atoms with Crippen molar-refractivity contribution in [2.75, 3.05) is 5.32 Å². The Labute approximate surface area is 92.5 Å². The molecule has 0 aromatic carbocycles. The quantitative estimate of drug-likeness (QED) is 0.797. The first-order chi connectivity index (χ1) is 6.29. The van der Waals surface area contributed by atoms with Crippen molar-refractivity contribution in [3.63, 3.8) is 0 Å². The third-order valence-corrected chi connectivity index (χ3v) is 2.83. The van der Waals surface area contributed by atoms with Crippen LogP contribution in [0.3, 0.4) is 0 Å². The second-order valence-electron chi connectivity index (χ2n) is 4.08. The van der Waals surface area contributed by atoms with Gasteiger partial charge in [0.05, 0.1) is 5.69 Å². The van der Waals surface area contributed by atoms with Crippen LogP contribution in [0.5, 0.6) is 0 Å². The minimum Gasteiger partial charge on any atom is -0.357 e. The average molecular weight is 233 g/mol. The van der Waals surface area contributed by atoms with Crippen LogP contribution in [0.4, 0.5) is 5.13 Å². The van der Waals surface area contributed by atoms with Crippen LogP contribution in [0.25, 0.3) is 0 Å². The molecule has 14 heavy (non-hydrogen) atoms. The summed E-state index contributed by atoms with van der Waals surface area (Å²) in [5.41, 5.74) is 0.624. The van der Waals surface area contributed by atoms with E-state index in [1.165, 1.54) is 11.3 Å². The number of halogens is 1. The van der Waals surface area contributed by atoms with Crippen LogP contribution in [0, 0.1) is 6.92 Å². The average Bonchev–Trinajstić information content (AvgIpc) is 2.26. The van der Waals surface area contributed by atoms with Gasteiger partial charge in [-0.15, -0.1) is 0 Å². The third-order valence-electron chi connectivity index (χ3n) is 1.46. The number of rotatable bonds is 2. The van der Waals surface area contributed by atoms with Gasteiger partial charge in [-0.05, 0) is 39.3 Å². The van der Waals surface area contributed by atoms with Crippen molar-refractivity contribution in [3.05, 3.63) is 10.6 Å². The van der Waals surface area contributed by atoms with Gasteiger partial charge in [-0.25, -0.2) is 4.98 Å². The van der Waals surface area contributed by atoms with Crippen LogP contribution in [0.1, 0.15) is 36.1 Å².